The van der Waals surface area contributed by atoms with Crippen LogP contribution in [-0.4, -0.2) is 6.54 Å². The van der Waals surface area contributed by atoms with E-state index in [-0.39, 0.29) is 0 Å². The fourth-order valence-electron chi connectivity index (χ4n) is 1.26. The van der Waals surface area contributed by atoms with E-state index < -0.39 is 0 Å². The maximum absolute atomic E-state index is 3.23. The third kappa shape index (κ3) is 4.76. The van der Waals surface area contributed by atoms with Crippen molar-refractivity contribution in [3.63, 3.8) is 0 Å². The molecule has 0 aromatic rings. The minimum atomic E-state index is 0.997. The van der Waals surface area contributed by atoms with Crippen molar-refractivity contribution in [3.05, 3.63) is 22.9 Å². The average Bonchev–Trinajstić information content (AvgIpc) is 2.13. The van der Waals surface area contributed by atoms with Gasteiger partial charge in [0.15, 0.2) is 0 Å². The number of hydrogen-bond donors (Lipinski definition) is 1. The summed E-state index contributed by atoms with van der Waals surface area (Å²) >= 11 is 0. The second-order valence-corrected chi connectivity index (χ2v) is 3.54. The second-order valence-electron chi connectivity index (χ2n) is 3.54. The zero-order chi connectivity index (χ0) is 10.3. The van der Waals surface area contributed by atoms with Gasteiger partial charge < -0.3 is 5.32 Å². The van der Waals surface area contributed by atoms with Crippen LogP contribution in [0.1, 0.15) is 47.5 Å². The third-order valence-corrected chi connectivity index (χ3v) is 2.38. The third-order valence-electron chi connectivity index (χ3n) is 2.38. The van der Waals surface area contributed by atoms with Crippen molar-refractivity contribution in [3.8, 4) is 0 Å². The second kappa shape index (κ2) is 6.76. The van der Waals surface area contributed by atoms with Crippen LogP contribution >= 0.6 is 0 Å². The van der Waals surface area contributed by atoms with Crippen molar-refractivity contribution in [1.82, 2.24) is 5.32 Å². The summed E-state index contributed by atoms with van der Waals surface area (Å²) in [4.78, 5) is 0. The molecule has 0 aliphatic carbocycles. The lowest BCUT2D eigenvalue weighted by molar-refractivity contribution is 0.882. The van der Waals surface area contributed by atoms with E-state index in [1.807, 2.05) is 0 Å². The first-order valence-electron chi connectivity index (χ1n) is 5.20. The zero-order valence-corrected chi connectivity index (χ0v) is 9.70. The first kappa shape index (κ1) is 12.3. The first-order valence-corrected chi connectivity index (χ1v) is 5.20. The van der Waals surface area contributed by atoms with E-state index in [2.05, 4.69) is 46.1 Å². The van der Waals surface area contributed by atoms with Gasteiger partial charge in [0.05, 0.1) is 0 Å². The fourth-order valence-corrected chi connectivity index (χ4v) is 1.26. The molecule has 76 valence electrons. The van der Waals surface area contributed by atoms with Crippen molar-refractivity contribution < 1.29 is 0 Å². The van der Waals surface area contributed by atoms with Gasteiger partial charge in [0.25, 0.3) is 0 Å². The summed E-state index contributed by atoms with van der Waals surface area (Å²) in [5, 5.41) is 3.23. The van der Waals surface area contributed by atoms with E-state index in [4.69, 9.17) is 0 Å². The molecule has 1 heteroatoms. The van der Waals surface area contributed by atoms with Gasteiger partial charge in [0.2, 0.25) is 0 Å². The predicted molar refractivity (Wildman–Crippen MR) is 60.7 cm³/mol. The predicted octanol–water partition coefficient (Wildman–Crippen LogP) is 3.64. The largest absolute Gasteiger partial charge is 0.391 e. The fraction of sp³-hybridized carbons (Fsp3) is 0.667. The smallest absolute Gasteiger partial charge is 0.0113 e. The van der Waals surface area contributed by atoms with Gasteiger partial charge in [-0.3, -0.25) is 0 Å². The summed E-state index contributed by atoms with van der Waals surface area (Å²) in [6.45, 7) is 11.9. The molecular formula is C12H23N. The molecule has 0 aliphatic rings. The van der Waals surface area contributed by atoms with Crippen LogP contribution in [0.15, 0.2) is 22.9 Å². The van der Waals surface area contributed by atoms with Crippen LogP contribution in [0.4, 0.5) is 0 Å². The molecule has 1 N–H and O–H groups in total. The molecule has 1 nitrogen and oxygen atoms in total. The van der Waals surface area contributed by atoms with Crippen LogP contribution in [0.5, 0.6) is 0 Å². The molecule has 0 heterocycles. The number of nitrogens with one attached hydrogen (secondary N) is 1. The molecule has 0 rings (SSSR count). The first-order chi connectivity index (χ1) is 6.13. The van der Waals surface area contributed by atoms with Crippen LogP contribution in [-0.2, 0) is 0 Å². The Morgan fingerprint density at radius 3 is 2.23 bits per heavy atom. The monoisotopic (exact) mass is 181 g/mol. The molecular weight excluding hydrogens is 158 g/mol. The van der Waals surface area contributed by atoms with E-state index in [0.29, 0.717) is 0 Å². The molecule has 0 amide bonds. The standard InChI is InChI=1S/C12H23N/c1-6-8-10(3)12(5)11(4)9-13-7-2/h9,13H,6-8H2,1-5H3/b11-9+,12-10+. The van der Waals surface area contributed by atoms with Gasteiger partial charge in [0.1, 0.15) is 0 Å². The van der Waals surface area contributed by atoms with Gasteiger partial charge in [-0.1, -0.05) is 18.9 Å². The molecule has 0 aromatic carbocycles. The van der Waals surface area contributed by atoms with Crippen LogP contribution in [0.2, 0.25) is 0 Å². The van der Waals surface area contributed by atoms with Crippen LogP contribution in [0.3, 0.4) is 0 Å². The Morgan fingerprint density at radius 1 is 1.15 bits per heavy atom. The molecule has 0 saturated heterocycles. The lowest BCUT2D eigenvalue weighted by atomic mass is 10.0. The Morgan fingerprint density at radius 2 is 1.77 bits per heavy atom. The molecule has 0 aromatic heterocycles. The van der Waals surface area contributed by atoms with Crippen LogP contribution < -0.4 is 5.32 Å². The minimum Gasteiger partial charge on any atom is -0.391 e. The quantitative estimate of drug-likeness (QED) is 0.639. The molecule has 0 fully saturated rings. The SMILES string of the molecule is CCC/C(C)=C(C)/C(C)=C/NCC. The Labute approximate surface area is 82.9 Å². The zero-order valence-electron chi connectivity index (χ0n) is 9.70. The molecule has 0 saturated carbocycles. The van der Waals surface area contributed by atoms with Crippen molar-refractivity contribution in [2.45, 2.75) is 47.5 Å². The Kier molecular flexibility index (Phi) is 6.38. The van der Waals surface area contributed by atoms with Crippen molar-refractivity contribution in [1.29, 1.82) is 0 Å². The van der Waals surface area contributed by atoms with Gasteiger partial charge in [0, 0.05) is 6.54 Å². The van der Waals surface area contributed by atoms with Crippen LogP contribution in [0.25, 0.3) is 0 Å². The lowest BCUT2D eigenvalue weighted by Crippen LogP contribution is -2.04. The maximum atomic E-state index is 3.23. The van der Waals surface area contributed by atoms with Crippen molar-refractivity contribution in [2.24, 2.45) is 0 Å². The van der Waals surface area contributed by atoms with E-state index in [1.54, 1.807) is 0 Å². The Bertz CT molecular complexity index is 199. The topological polar surface area (TPSA) is 12.0 Å². The highest BCUT2D eigenvalue weighted by atomic mass is 14.8. The van der Waals surface area contributed by atoms with Crippen molar-refractivity contribution >= 4 is 0 Å². The van der Waals surface area contributed by atoms with Gasteiger partial charge in [-0.05, 0) is 51.5 Å². The van der Waals surface area contributed by atoms with E-state index >= 15 is 0 Å². The molecule has 0 aliphatic heterocycles. The summed E-state index contributed by atoms with van der Waals surface area (Å²) in [7, 11) is 0. The summed E-state index contributed by atoms with van der Waals surface area (Å²) in [6, 6.07) is 0. The Balaban J connectivity index is 4.37. The summed E-state index contributed by atoms with van der Waals surface area (Å²) in [5.74, 6) is 0. The van der Waals surface area contributed by atoms with E-state index in [0.717, 1.165) is 6.54 Å². The Hall–Kier alpha value is -0.720. The summed E-state index contributed by atoms with van der Waals surface area (Å²) < 4.78 is 0. The number of rotatable bonds is 5. The maximum Gasteiger partial charge on any atom is 0.0113 e. The summed E-state index contributed by atoms with van der Waals surface area (Å²) in [5.41, 5.74) is 4.30. The van der Waals surface area contributed by atoms with Gasteiger partial charge >= 0.3 is 0 Å². The molecule has 13 heavy (non-hydrogen) atoms. The highest BCUT2D eigenvalue weighted by Gasteiger charge is 1.97. The highest BCUT2D eigenvalue weighted by molar-refractivity contribution is 5.30. The van der Waals surface area contributed by atoms with Crippen molar-refractivity contribution in [2.75, 3.05) is 6.54 Å². The minimum absolute atomic E-state index is 0.997. The molecule has 0 atom stereocenters. The molecule has 0 radical (unpaired) electrons. The van der Waals surface area contributed by atoms with Gasteiger partial charge in [-0.15, -0.1) is 0 Å². The molecule has 0 spiro atoms. The van der Waals surface area contributed by atoms with Gasteiger partial charge in [-0.25, -0.2) is 0 Å². The van der Waals surface area contributed by atoms with Gasteiger partial charge in [-0.2, -0.15) is 0 Å². The number of allylic oxidation sites excluding steroid dienone is 3. The highest BCUT2D eigenvalue weighted by Crippen LogP contribution is 2.16. The van der Waals surface area contributed by atoms with E-state index in [9.17, 15) is 0 Å². The summed E-state index contributed by atoms with van der Waals surface area (Å²) in [6.07, 6.45) is 4.55. The normalized spacial score (nSPS) is 14.1. The lowest BCUT2D eigenvalue weighted by Gasteiger charge is -2.07. The average molecular weight is 181 g/mol. The van der Waals surface area contributed by atoms with Crippen LogP contribution in [0, 0.1) is 0 Å². The molecule has 0 bridgehead atoms. The van der Waals surface area contributed by atoms with E-state index in [1.165, 1.54) is 29.6 Å². The molecule has 0 unspecified atom stereocenters. The number of hydrogen-bond acceptors (Lipinski definition) is 1.